The van der Waals surface area contributed by atoms with Crippen molar-refractivity contribution in [2.45, 2.75) is 40.0 Å². The van der Waals surface area contributed by atoms with Crippen molar-refractivity contribution in [3.63, 3.8) is 0 Å². The van der Waals surface area contributed by atoms with Crippen LogP contribution in [0.1, 0.15) is 40.0 Å². The monoisotopic (exact) mass is 490 g/mol. The zero-order valence-electron chi connectivity index (χ0n) is 16.9. The van der Waals surface area contributed by atoms with E-state index in [4.69, 9.17) is 15.2 Å². The zero-order valence-corrected chi connectivity index (χ0v) is 19.2. The van der Waals surface area contributed by atoms with Gasteiger partial charge in [-0.05, 0) is 70.8 Å². The first-order valence-corrected chi connectivity index (χ1v) is 9.81. The van der Waals surface area contributed by atoms with Gasteiger partial charge in [0.1, 0.15) is 11.5 Å². The van der Waals surface area contributed by atoms with E-state index in [1.807, 2.05) is 32.0 Å². The second-order valence-corrected chi connectivity index (χ2v) is 6.79. The second kappa shape index (κ2) is 13.0. The summed E-state index contributed by atoms with van der Waals surface area (Å²) in [4.78, 5) is 6.98. The number of piperidine rings is 1. The SMILES string of the molecule is CCOc1ccc(OCC)c(NC(N)=NCCCN2CCC(C)CC2)c1.I. The molecule has 27 heavy (non-hydrogen) atoms. The van der Waals surface area contributed by atoms with Crippen LogP contribution in [0.4, 0.5) is 5.69 Å². The number of benzene rings is 1. The van der Waals surface area contributed by atoms with Crippen molar-refractivity contribution in [3.8, 4) is 11.5 Å². The van der Waals surface area contributed by atoms with Crippen LogP contribution in [0.5, 0.6) is 11.5 Å². The van der Waals surface area contributed by atoms with Crippen molar-refractivity contribution in [1.29, 1.82) is 0 Å². The van der Waals surface area contributed by atoms with Gasteiger partial charge in [-0.25, -0.2) is 0 Å². The molecule has 2 rings (SSSR count). The highest BCUT2D eigenvalue weighted by Crippen LogP contribution is 2.29. The Hall–Kier alpha value is -1.22. The first-order valence-electron chi connectivity index (χ1n) is 9.81. The number of hydrogen-bond acceptors (Lipinski definition) is 4. The molecule has 1 saturated heterocycles. The molecule has 3 N–H and O–H groups in total. The maximum atomic E-state index is 6.06. The molecule has 0 saturated carbocycles. The van der Waals surface area contributed by atoms with E-state index in [9.17, 15) is 0 Å². The molecular weight excluding hydrogens is 455 g/mol. The average molecular weight is 490 g/mol. The van der Waals surface area contributed by atoms with Crippen molar-refractivity contribution in [2.75, 3.05) is 44.7 Å². The molecule has 1 fully saturated rings. The van der Waals surface area contributed by atoms with Crippen LogP contribution in [-0.2, 0) is 0 Å². The van der Waals surface area contributed by atoms with E-state index in [0.29, 0.717) is 19.2 Å². The van der Waals surface area contributed by atoms with Crippen LogP contribution in [0.25, 0.3) is 0 Å². The molecule has 0 radical (unpaired) electrons. The Morgan fingerprint density at radius 1 is 1.22 bits per heavy atom. The number of nitrogens with zero attached hydrogens (tertiary/aromatic N) is 2. The Kier molecular flexibility index (Phi) is 11.5. The molecule has 7 heteroatoms. The van der Waals surface area contributed by atoms with Crippen molar-refractivity contribution in [1.82, 2.24) is 4.90 Å². The molecule has 1 heterocycles. The van der Waals surface area contributed by atoms with E-state index in [0.717, 1.165) is 42.6 Å². The number of nitrogens with two attached hydrogens (primary N) is 1. The maximum Gasteiger partial charge on any atom is 0.193 e. The molecule has 0 unspecified atom stereocenters. The first-order chi connectivity index (χ1) is 12.6. The normalized spacial score (nSPS) is 15.9. The van der Waals surface area contributed by atoms with Gasteiger partial charge in [-0.2, -0.15) is 0 Å². The van der Waals surface area contributed by atoms with E-state index in [2.05, 4.69) is 22.1 Å². The topological polar surface area (TPSA) is 72.1 Å². The van der Waals surface area contributed by atoms with Crippen molar-refractivity contribution >= 4 is 35.6 Å². The summed E-state index contributed by atoms with van der Waals surface area (Å²) < 4.78 is 11.2. The van der Waals surface area contributed by atoms with Gasteiger partial charge in [0.25, 0.3) is 0 Å². The van der Waals surface area contributed by atoms with Crippen LogP contribution >= 0.6 is 24.0 Å². The lowest BCUT2D eigenvalue weighted by Gasteiger charge is -2.29. The van der Waals surface area contributed by atoms with Crippen LogP contribution in [0.3, 0.4) is 0 Å². The van der Waals surface area contributed by atoms with Crippen molar-refractivity contribution < 1.29 is 9.47 Å². The molecular formula is C20H35IN4O2. The van der Waals surface area contributed by atoms with Gasteiger partial charge in [-0.15, -0.1) is 24.0 Å². The number of halogens is 1. The molecule has 0 atom stereocenters. The van der Waals surface area contributed by atoms with Gasteiger partial charge in [0, 0.05) is 12.6 Å². The lowest BCUT2D eigenvalue weighted by atomic mass is 9.99. The Morgan fingerprint density at radius 2 is 1.93 bits per heavy atom. The molecule has 1 aliphatic heterocycles. The smallest absolute Gasteiger partial charge is 0.193 e. The summed E-state index contributed by atoms with van der Waals surface area (Å²) >= 11 is 0. The molecule has 1 aromatic carbocycles. The average Bonchev–Trinajstić information content (AvgIpc) is 2.63. The Morgan fingerprint density at radius 3 is 2.59 bits per heavy atom. The van der Waals surface area contributed by atoms with Crippen LogP contribution in [-0.4, -0.2) is 50.3 Å². The lowest BCUT2D eigenvalue weighted by molar-refractivity contribution is 0.192. The Labute approximate surface area is 180 Å². The van der Waals surface area contributed by atoms with Gasteiger partial charge in [0.05, 0.1) is 18.9 Å². The quantitative estimate of drug-likeness (QED) is 0.238. The van der Waals surface area contributed by atoms with E-state index in [1.165, 1.54) is 25.9 Å². The summed E-state index contributed by atoms with van der Waals surface area (Å²) in [6, 6.07) is 5.68. The first kappa shape index (κ1) is 23.8. The van der Waals surface area contributed by atoms with Gasteiger partial charge in [0.15, 0.2) is 5.96 Å². The number of ether oxygens (including phenoxy) is 2. The molecule has 0 aliphatic carbocycles. The summed E-state index contributed by atoms with van der Waals surface area (Å²) in [6.45, 7) is 11.7. The standard InChI is InChI=1S/C20H34N4O2.HI/c1-4-25-17-7-8-19(26-5-2)18(15-17)23-20(21)22-11-6-12-24-13-9-16(3)10-14-24;/h7-8,15-16H,4-6,9-14H2,1-3H3,(H3,21,22,23);1H. The number of aliphatic imine (C=N–C) groups is 1. The van der Waals surface area contributed by atoms with Crippen molar-refractivity contribution in [2.24, 2.45) is 16.6 Å². The number of rotatable bonds is 9. The minimum atomic E-state index is 0. The number of nitrogens with one attached hydrogen (secondary N) is 1. The fourth-order valence-electron chi connectivity index (χ4n) is 3.10. The number of hydrogen-bond donors (Lipinski definition) is 2. The summed E-state index contributed by atoms with van der Waals surface area (Å²) in [5.74, 6) is 2.81. The van der Waals surface area contributed by atoms with Crippen LogP contribution in [0.15, 0.2) is 23.2 Å². The number of anilines is 1. The minimum Gasteiger partial charge on any atom is -0.494 e. The molecule has 1 aromatic rings. The van der Waals surface area contributed by atoms with Gasteiger partial charge in [-0.3, -0.25) is 4.99 Å². The third kappa shape index (κ3) is 8.55. The van der Waals surface area contributed by atoms with E-state index in [-0.39, 0.29) is 24.0 Å². The minimum absolute atomic E-state index is 0. The highest BCUT2D eigenvalue weighted by atomic mass is 127. The Balaban J connectivity index is 0.00000364. The van der Waals surface area contributed by atoms with Crippen LogP contribution in [0, 0.1) is 5.92 Å². The number of guanidine groups is 1. The summed E-state index contributed by atoms with van der Waals surface area (Å²) in [7, 11) is 0. The van der Waals surface area contributed by atoms with Crippen molar-refractivity contribution in [3.05, 3.63) is 18.2 Å². The molecule has 0 amide bonds. The fourth-order valence-corrected chi connectivity index (χ4v) is 3.10. The molecule has 6 nitrogen and oxygen atoms in total. The largest absolute Gasteiger partial charge is 0.494 e. The van der Waals surface area contributed by atoms with Crippen LogP contribution in [0.2, 0.25) is 0 Å². The summed E-state index contributed by atoms with van der Waals surface area (Å²) in [6.07, 6.45) is 3.64. The summed E-state index contributed by atoms with van der Waals surface area (Å²) in [5, 5.41) is 3.15. The van der Waals surface area contributed by atoms with Gasteiger partial charge in [-0.1, -0.05) is 6.92 Å². The number of likely N-dealkylation sites (tertiary alicyclic amines) is 1. The molecule has 0 bridgehead atoms. The highest BCUT2D eigenvalue weighted by molar-refractivity contribution is 14.0. The lowest BCUT2D eigenvalue weighted by Crippen LogP contribution is -2.34. The molecule has 0 spiro atoms. The van der Waals surface area contributed by atoms with Crippen LogP contribution < -0.4 is 20.5 Å². The maximum absolute atomic E-state index is 6.06. The van der Waals surface area contributed by atoms with E-state index in [1.54, 1.807) is 0 Å². The molecule has 0 aromatic heterocycles. The zero-order chi connectivity index (χ0) is 18.8. The molecule has 154 valence electrons. The third-order valence-corrected chi connectivity index (χ3v) is 4.62. The predicted molar refractivity (Wildman–Crippen MR) is 124 cm³/mol. The second-order valence-electron chi connectivity index (χ2n) is 6.79. The fraction of sp³-hybridized carbons (Fsp3) is 0.650. The van der Waals surface area contributed by atoms with E-state index >= 15 is 0 Å². The van der Waals surface area contributed by atoms with Gasteiger partial charge < -0.3 is 25.4 Å². The summed E-state index contributed by atoms with van der Waals surface area (Å²) in [5.41, 5.74) is 6.84. The Bertz CT molecular complexity index is 575. The third-order valence-electron chi connectivity index (χ3n) is 4.62. The van der Waals surface area contributed by atoms with Gasteiger partial charge >= 0.3 is 0 Å². The highest BCUT2D eigenvalue weighted by Gasteiger charge is 2.14. The molecule has 1 aliphatic rings. The van der Waals surface area contributed by atoms with E-state index < -0.39 is 0 Å². The van der Waals surface area contributed by atoms with Gasteiger partial charge in [0.2, 0.25) is 0 Å². The predicted octanol–water partition coefficient (Wildman–Crippen LogP) is 3.95.